The molecule has 0 aliphatic heterocycles. The molecule has 0 unspecified atom stereocenters. The number of rotatable bonds is 4. The van der Waals surface area contributed by atoms with Crippen LogP contribution in [0.2, 0.25) is 20.1 Å². The van der Waals surface area contributed by atoms with Crippen molar-refractivity contribution in [1.29, 1.82) is 0 Å². The molecule has 0 atom stereocenters. The monoisotopic (exact) mass is 394 g/mol. The van der Waals surface area contributed by atoms with E-state index in [-0.39, 0.29) is 12.4 Å². The van der Waals surface area contributed by atoms with Gasteiger partial charge in [-0.25, -0.2) is 0 Å². The maximum Gasteiger partial charge on any atom is 0.0659 e. The zero-order chi connectivity index (χ0) is 15.2. The second-order valence-corrected chi connectivity index (χ2v) is 5.81. The quantitative estimate of drug-likeness (QED) is 0.550. The van der Waals surface area contributed by atoms with Gasteiger partial charge in [0.2, 0.25) is 0 Å². The summed E-state index contributed by atoms with van der Waals surface area (Å²) >= 11 is 23.6. The van der Waals surface area contributed by atoms with E-state index in [0.717, 1.165) is 5.69 Å². The van der Waals surface area contributed by atoms with Gasteiger partial charge in [-0.3, -0.25) is 4.99 Å². The van der Waals surface area contributed by atoms with Gasteiger partial charge in [0.05, 0.1) is 5.69 Å². The molecular weight excluding hydrogens is 385 g/mol. The Morgan fingerprint density at radius 1 is 0.773 bits per heavy atom. The van der Waals surface area contributed by atoms with E-state index in [2.05, 4.69) is 10.3 Å². The molecule has 1 N–H and O–H groups in total. The summed E-state index contributed by atoms with van der Waals surface area (Å²) in [5.41, 5.74) is 1.48. The lowest BCUT2D eigenvalue weighted by Crippen LogP contribution is -1.87. The summed E-state index contributed by atoms with van der Waals surface area (Å²) in [5, 5.41) is 5.28. The van der Waals surface area contributed by atoms with Gasteiger partial charge in [-0.05, 0) is 42.5 Å². The van der Waals surface area contributed by atoms with Gasteiger partial charge in [0.25, 0.3) is 0 Å². The zero-order valence-electron chi connectivity index (χ0n) is 11.1. The summed E-state index contributed by atoms with van der Waals surface area (Å²) in [7, 11) is 0. The first-order chi connectivity index (χ1) is 10.0. The van der Waals surface area contributed by atoms with E-state index < -0.39 is 0 Å². The summed E-state index contributed by atoms with van der Waals surface area (Å²) in [6.07, 6.45) is 5.09. The largest absolute Gasteiger partial charge is 0.362 e. The van der Waals surface area contributed by atoms with Gasteiger partial charge < -0.3 is 5.32 Å². The van der Waals surface area contributed by atoms with Crippen molar-refractivity contribution in [2.45, 2.75) is 0 Å². The number of hydrogen-bond donors (Lipinski definition) is 1. The Morgan fingerprint density at radius 3 is 1.82 bits per heavy atom. The lowest BCUT2D eigenvalue weighted by Gasteiger charge is -2.01. The van der Waals surface area contributed by atoms with Gasteiger partial charge in [-0.15, -0.1) is 12.4 Å². The van der Waals surface area contributed by atoms with Crippen molar-refractivity contribution in [2.75, 3.05) is 5.32 Å². The van der Waals surface area contributed by atoms with Crippen LogP contribution in [0.4, 0.5) is 11.4 Å². The smallest absolute Gasteiger partial charge is 0.0659 e. The maximum atomic E-state index is 5.90. The molecule has 7 heteroatoms. The van der Waals surface area contributed by atoms with E-state index in [4.69, 9.17) is 46.4 Å². The minimum Gasteiger partial charge on any atom is -0.362 e. The molecule has 22 heavy (non-hydrogen) atoms. The lowest BCUT2D eigenvalue weighted by atomic mass is 10.3. The summed E-state index contributed by atoms with van der Waals surface area (Å²) in [6, 6.07) is 10.3. The van der Waals surface area contributed by atoms with Gasteiger partial charge in [0.15, 0.2) is 0 Å². The van der Waals surface area contributed by atoms with Crippen molar-refractivity contribution < 1.29 is 0 Å². The standard InChI is InChI=1S/C15H10Cl4N2.ClH/c16-10-4-11(17)7-14(6-10)20-2-1-3-21-15-8-12(18)5-13(19)9-15;/h1-9,20H;1H/b2-1+,21-3?;. The maximum absolute atomic E-state index is 5.90. The molecular formula is C15H11Cl5N2. The second-order valence-electron chi connectivity index (χ2n) is 4.07. The number of nitrogens with one attached hydrogen (secondary N) is 1. The number of allylic oxidation sites excluding steroid dienone is 1. The number of aliphatic imine (C=N–C) groups is 1. The van der Waals surface area contributed by atoms with E-state index in [0.29, 0.717) is 25.8 Å². The molecule has 0 radical (unpaired) electrons. The molecule has 0 saturated heterocycles. The summed E-state index contributed by atoms with van der Waals surface area (Å²) in [6.45, 7) is 0. The Balaban J connectivity index is 0.00000242. The number of benzene rings is 2. The third-order valence-corrected chi connectivity index (χ3v) is 3.24. The average molecular weight is 397 g/mol. The summed E-state index contributed by atoms with van der Waals surface area (Å²) in [4.78, 5) is 4.22. The van der Waals surface area contributed by atoms with Crippen LogP contribution in [0.25, 0.3) is 0 Å². The predicted molar refractivity (Wildman–Crippen MR) is 101 cm³/mol. The fourth-order valence-electron chi connectivity index (χ4n) is 1.57. The molecule has 0 fully saturated rings. The normalized spacial score (nSPS) is 10.9. The highest BCUT2D eigenvalue weighted by Crippen LogP contribution is 2.24. The molecule has 2 aromatic rings. The second kappa shape index (κ2) is 9.29. The SMILES string of the molecule is Cl.Clc1cc(Cl)cc(N=C/C=C/Nc2cc(Cl)cc(Cl)c2)c1. The third kappa shape index (κ3) is 6.47. The van der Waals surface area contributed by atoms with Crippen LogP contribution in [0.1, 0.15) is 0 Å². The van der Waals surface area contributed by atoms with Crippen molar-refractivity contribution in [1.82, 2.24) is 0 Å². The van der Waals surface area contributed by atoms with E-state index >= 15 is 0 Å². The minimum absolute atomic E-state index is 0. The van der Waals surface area contributed by atoms with Crippen LogP contribution in [-0.2, 0) is 0 Å². The first kappa shape index (κ1) is 19.1. The van der Waals surface area contributed by atoms with Gasteiger partial charge in [-0.1, -0.05) is 46.4 Å². The number of hydrogen-bond acceptors (Lipinski definition) is 2. The Kier molecular flexibility index (Phi) is 8.08. The zero-order valence-corrected chi connectivity index (χ0v) is 14.9. The van der Waals surface area contributed by atoms with Crippen LogP contribution in [0, 0.1) is 0 Å². The third-order valence-electron chi connectivity index (χ3n) is 2.37. The Morgan fingerprint density at radius 2 is 1.27 bits per heavy atom. The van der Waals surface area contributed by atoms with Crippen LogP contribution in [0.15, 0.2) is 53.7 Å². The number of nitrogens with zero attached hydrogens (tertiary/aromatic N) is 1. The Bertz CT molecular complexity index is 658. The molecule has 0 bridgehead atoms. The van der Waals surface area contributed by atoms with Crippen LogP contribution >= 0.6 is 58.8 Å². The first-order valence-corrected chi connectivity index (χ1v) is 7.42. The topological polar surface area (TPSA) is 24.4 Å². The molecule has 0 aliphatic rings. The molecule has 2 aromatic carbocycles. The van der Waals surface area contributed by atoms with Gasteiger partial charge >= 0.3 is 0 Å². The van der Waals surface area contributed by atoms with E-state index in [1.165, 1.54) is 0 Å². The highest BCUT2D eigenvalue weighted by molar-refractivity contribution is 6.35. The minimum atomic E-state index is 0. The molecule has 0 aliphatic carbocycles. The van der Waals surface area contributed by atoms with Crippen molar-refractivity contribution >= 4 is 76.4 Å². The molecule has 0 saturated carbocycles. The number of anilines is 1. The van der Waals surface area contributed by atoms with Crippen LogP contribution in [-0.4, -0.2) is 6.21 Å². The van der Waals surface area contributed by atoms with E-state index in [9.17, 15) is 0 Å². The molecule has 2 nitrogen and oxygen atoms in total. The Labute approximate surface area is 155 Å². The first-order valence-electron chi connectivity index (χ1n) is 5.91. The fraction of sp³-hybridized carbons (Fsp3) is 0. The van der Waals surface area contributed by atoms with Crippen molar-refractivity contribution in [2.24, 2.45) is 4.99 Å². The van der Waals surface area contributed by atoms with Crippen molar-refractivity contribution in [3.63, 3.8) is 0 Å². The highest BCUT2D eigenvalue weighted by atomic mass is 35.5. The van der Waals surface area contributed by atoms with E-state index in [1.54, 1.807) is 54.9 Å². The van der Waals surface area contributed by atoms with Crippen molar-refractivity contribution in [3.05, 3.63) is 68.8 Å². The summed E-state index contributed by atoms with van der Waals surface area (Å²) < 4.78 is 0. The molecule has 116 valence electrons. The van der Waals surface area contributed by atoms with E-state index in [1.807, 2.05) is 0 Å². The van der Waals surface area contributed by atoms with Gasteiger partial charge in [0, 0.05) is 38.2 Å². The molecule has 0 spiro atoms. The van der Waals surface area contributed by atoms with Crippen molar-refractivity contribution in [3.8, 4) is 0 Å². The van der Waals surface area contributed by atoms with Gasteiger partial charge in [0.1, 0.15) is 0 Å². The predicted octanol–water partition coefficient (Wildman–Crippen LogP) is 7.05. The van der Waals surface area contributed by atoms with Crippen LogP contribution in [0.5, 0.6) is 0 Å². The highest BCUT2D eigenvalue weighted by Gasteiger charge is 1.96. The summed E-state index contributed by atoms with van der Waals surface area (Å²) in [5.74, 6) is 0. The van der Waals surface area contributed by atoms with Crippen LogP contribution in [0.3, 0.4) is 0 Å². The van der Waals surface area contributed by atoms with Crippen LogP contribution < -0.4 is 5.32 Å². The number of halogens is 5. The fourth-order valence-corrected chi connectivity index (χ4v) is 2.61. The Hall–Kier alpha value is -0.900. The van der Waals surface area contributed by atoms with Gasteiger partial charge in [-0.2, -0.15) is 0 Å². The lowest BCUT2D eigenvalue weighted by molar-refractivity contribution is 1.53. The average Bonchev–Trinajstić information content (AvgIpc) is 2.36. The molecule has 2 rings (SSSR count). The molecule has 0 amide bonds. The molecule has 0 heterocycles. The molecule has 0 aromatic heterocycles.